The fraction of sp³-hybridized carbons (Fsp3) is 1.00. The van der Waals surface area contributed by atoms with E-state index >= 15 is 0 Å². The molecular formula is C11H24O. The Kier molecular flexibility index (Phi) is 6.45. The SMILES string of the molecule is CCOC(C)C(C)CC(C)CC. The molecule has 3 atom stereocenters. The molecule has 0 aliphatic carbocycles. The first kappa shape index (κ1) is 12.0. The van der Waals surface area contributed by atoms with E-state index in [4.69, 9.17) is 4.74 Å². The molecule has 0 fully saturated rings. The lowest BCUT2D eigenvalue weighted by Crippen LogP contribution is -2.20. The van der Waals surface area contributed by atoms with Crippen molar-refractivity contribution in [3.8, 4) is 0 Å². The van der Waals surface area contributed by atoms with Gasteiger partial charge in [-0.15, -0.1) is 0 Å². The molecule has 0 saturated heterocycles. The third kappa shape index (κ3) is 4.76. The van der Waals surface area contributed by atoms with Crippen LogP contribution in [0, 0.1) is 11.8 Å². The van der Waals surface area contributed by atoms with Gasteiger partial charge in [0.25, 0.3) is 0 Å². The van der Waals surface area contributed by atoms with E-state index < -0.39 is 0 Å². The topological polar surface area (TPSA) is 9.23 Å². The van der Waals surface area contributed by atoms with Crippen LogP contribution in [-0.2, 0) is 4.74 Å². The van der Waals surface area contributed by atoms with Gasteiger partial charge in [-0.1, -0.05) is 27.2 Å². The molecule has 0 spiro atoms. The van der Waals surface area contributed by atoms with Crippen LogP contribution in [-0.4, -0.2) is 12.7 Å². The largest absolute Gasteiger partial charge is 0.379 e. The van der Waals surface area contributed by atoms with Gasteiger partial charge in [-0.25, -0.2) is 0 Å². The number of ether oxygens (including phenoxy) is 1. The van der Waals surface area contributed by atoms with Crippen molar-refractivity contribution >= 4 is 0 Å². The predicted octanol–water partition coefficient (Wildman–Crippen LogP) is 3.48. The van der Waals surface area contributed by atoms with Gasteiger partial charge in [0.1, 0.15) is 0 Å². The highest BCUT2D eigenvalue weighted by atomic mass is 16.5. The summed E-state index contributed by atoms with van der Waals surface area (Å²) in [5.41, 5.74) is 0. The molecular weight excluding hydrogens is 148 g/mol. The van der Waals surface area contributed by atoms with Crippen molar-refractivity contribution in [2.45, 2.75) is 53.6 Å². The molecule has 0 aromatic rings. The van der Waals surface area contributed by atoms with E-state index in [1.54, 1.807) is 0 Å². The Morgan fingerprint density at radius 2 is 1.67 bits per heavy atom. The van der Waals surface area contributed by atoms with E-state index in [9.17, 15) is 0 Å². The molecule has 0 aromatic carbocycles. The van der Waals surface area contributed by atoms with E-state index in [0.717, 1.165) is 12.5 Å². The Morgan fingerprint density at radius 1 is 1.08 bits per heavy atom. The van der Waals surface area contributed by atoms with Crippen LogP contribution in [0.2, 0.25) is 0 Å². The molecule has 0 aromatic heterocycles. The van der Waals surface area contributed by atoms with Crippen LogP contribution in [0.3, 0.4) is 0 Å². The van der Waals surface area contributed by atoms with E-state index in [1.807, 2.05) is 0 Å². The Hall–Kier alpha value is -0.0400. The molecule has 0 saturated carbocycles. The summed E-state index contributed by atoms with van der Waals surface area (Å²) in [6.45, 7) is 11.9. The molecule has 0 aliphatic rings. The molecule has 74 valence electrons. The average Bonchev–Trinajstić information content (AvgIpc) is 2.04. The van der Waals surface area contributed by atoms with Gasteiger partial charge in [-0.3, -0.25) is 0 Å². The molecule has 0 aliphatic heterocycles. The van der Waals surface area contributed by atoms with Crippen molar-refractivity contribution in [3.63, 3.8) is 0 Å². The van der Waals surface area contributed by atoms with Crippen molar-refractivity contribution in [2.75, 3.05) is 6.61 Å². The Bertz CT molecular complexity index is 101. The summed E-state index contributed by atoms with van der Waals surface area (Å²) in [5, 5.41) is 0. The molecule has 1 heteroatoms. The zero-order valence-electron chi connectivity index (χ0n) is 9.26. The second kappa shape index (κ2) is 6.47. The highest BCUT2D eigenvalue weighted by Gasteiger charge is 2.14. The molecule has 0 rings (SSSR count). The summed E-state index contributed by atoms with van der Waals surface area (Å²) < 4.78 is 5.55. The van der Waals surface area contributed by atoms with Crippen LogP contribution >= 0.6 is 0 Å². The van der Waals surface area contributed by atoms with Gasteiger partial charge in [0.05, 0.1) is 6.10 Å². The number of hydrogen-bond donors (Lipinski definition) is 0. The van der Waals surface area contributed by atoms with Crippen LogP contribution in [0.5, 0.6) is 0 Å². The van der Waals surface area contributed by atoms with Gasteiger partial charge in [-0.2, -0.15) is 0 Å². The molecule has 0 bridgehead atoms. The zero-order chi connectivity index (χ0) is 9.56. The van der Waals surface area contributed by atoms with Crippen molar-refractivity contribution in [3.05, 3.63) is 0 Å². The average molecular weight is 172 g/mol. The first-order valence-corrected chi connectivity index (χ1v) is 5.23. The minimum Gasteiger partial charge on any atom is -0.379 e. The Balaban J connectivity index is 3.62. The normalized spacial score (nSPS) is 18.8. The first-order chi connectivity index (χ1) is 5.61. The van der Waals surface area contributed by atoms with Crippen LogP contribution in [0.4, 0.5) is 0 Å². The highest BCUT2D eigenvalue weighted by molar-refractivity contribution is 4.64. The van der Waals surface area contributed by atoms with Crippen LogP contribution in [0.1, 0.15) is 47.5 Å². The van der Waals surface area contributed by atoms with Crippen LogP contribution in [0.25, 0.3) is 0 Å². The second-order valence-corrected chi connectivity index (χ2v) is 3.89. The smallest absolute Gasteiger partial charge is 0.0572 e. The van der Waals surface area contributed by atoms with Gasteiger partial charge in [0.15, 0.2) is 0 Å². The van der Waals surface area contributed by atoms with Crippen molar-refractivity contribution in [1.29, 1.82) is 0 Å². The third-order valence-electron chi connectivity index (χ3n) is 2.70. The molecule has 1 nitrogen and oxygen atoms in total. The van der Waals surface area contributed by atoms with Gasteiger partial charge in [0, 0.05) is 6.61 Å². The summed E-state index contributed by atoms with van der Waals surface area (Å²) in [4.78, 5) is 0. The van der Waals surface area contributed by atoms with Gasteiger partial charge in [-0.05, 0) is 32.1 Å². The molecule has 12 heavy (non-hydrogen) atoms. The fourth-order valence-corrected chi connectivity index (χ4v) is 1.42. The minimum absolute atomic E-state index is 0.420. The van der Waals surface area contributed by atoms with Crippen LogP contribution in [0.15, 0.2) is 0 Å². The maximum Gasteiger partial charge on any atom is 0.0572 e. The standard InChI is InChI=1S/C11H24O/c1-6-9(3)8-10(4)11(5)12-7-2/h9-11H,6-8H2,1-5H3. The summed E-state index contributed by atoms with van der Waals surface area (Å²) in [6.07, 6.45) is 2.99. The molecule has 3 unspecified atom stereocenters. The van der Waals surface area contributed by atoms with E-state index in [-0.39, 0.29) is 0 Å². The van der Waals surface area contributed by atoms with Crippen molar-refractivity contribution < 1.29 is 4.74 Å². The van der Waals surface area contributed by atoms with Gasteiger partial charge in [0.2, 0.25) is 0 Å². The lowest BCUT2D eigenvalue weighted by Gasteiger charge is -2.22. The molecule has 0 radical (unpaired) electrons. The van der Waals surface area contributed by atoms with Crippen LogP contribution < -0.4 is 0 Å². The third-order valence-corrected chi connectivity index (χ3v) is 2.70. The van der Waals surface area contributed by atoms with Gasteiger partial charge < -0.3 is 4.74 Å². The van der Waals surface area contributed by atoms with Crippen molar-refractivity contribution in [1.82, 2.24) is 0 Å². The lowest BCUT2D eigenvalue weighted by molar-refractivity contribution is 0.0314. The highest BCUT2D eigenvalue weighted by Crippen LogP contribution is 2.19. The number of hydrogen-bond acceptors (Lipinski definition) is 1. The quantitative estimate of drug-likeness (QED) is 0.596. The second-order valence-electron chi connectivity index (χ2n) is 3.89. The fourth-order valence-electron chi connectivity index (χ4n) is 1.42. The van der Waals surface area contributed by atoms with E-state index in [0.29, 0.717) is 12.0 Å². The monoisotopic (exact) mass is 172 g/mol. The lowest BCUT2D eigenvalue weighted by atomic mass is 9.92. The molecule has 0 N–H and O–H groups in total. The number of rotatable bonds is 6. The summed E-state index contributed by atoms with van der Waals surface area (Å²) in [7, 11) is 0. The van der Waals surface area contributed by atoms with Gasteiger partial charge >= 0.3 is 0 Å². The maximum atomic E-state index is 5.55. The summed E-state index contributed by atoms with van der Waals surface area (Å²) >= 11 is 0. The zero-order valence-corrected chi connectivity index (χ0v) is 9.26. The molecule has 0 amide bonds. The molecule has 0 heterocycles. The Morgan fingerprint density at radius 3 is 2.08 bits per heavy atom. The van der Waals surface area contributed by atoms with Crippen molar-refractivity contribution in [2.24, 2.45) is 11.8 Å². The Labute approximate surface area is 77.5 Å². The van der Waals surface area contributed by atoms with E-state index in [1.165, 1.54) is 12.8 Å². The summed E-state index contributed by atoms with van der Waals surface area (Å²) in [5.74, 6) is 1.53. The summed E-state index contributed by atoms with van der Waals surface area (Å²) in [6, 6.07) is 0. The first-order valence-electron chi connectivity index (χ1n) is 5.23. The maximum absolute atomic E-state index is 5.55. The predicted molar refractivity (Wildman–Crippen MR) is 54.3 cm³/mol. The minimum atomic E-state index is 0.420. The van der Waals surface area contributed by atoms with E-state index in [2.05, 4.69) is 34.6 Å².